The van der Waals surface area contributed by atoms with Crippen LogP contribution in [0.25, 0.3) is 0 Å². The Balaban J connectivity index is 2.53. The Labute approximate surface area is 122 Å². The number of rotatable bonds is 5. The number of hydrogen-bond donors (Lipinski definition) is 1. The molecule has 2 N–H and O–H groups in total. The molecule has 6 heteroatoms. The average molecular weight is 298 g/mol. The number of benzene rings is 1. The van der Waals surface area contributed by atoms with Gasteiger partial charge in [0.05, 0.1) is 32.9 Å². The highest BCUT2D eigenvalue weighted by molar-refractivity contribution is 6.28. The molecule has 1 atom stereocenters. The molecule has 5 nitrogen and oxygen atoms in total. The highest BCUT2D eigenvalue weighted by atomic mass is 35.5. The van der Waals surface area contributed by atoms with Gasteiger partial charge < -0.3 is 24.4 Å². The minimum absolute atomic E-state index is 0.280. The van der Waals surface area contributed by atoms with E-state index in [1.54, 1.807) is 45.6 Å². The van der Waals surface area contributed by atoms with E-state index >= 15 is 0 Å². The van der Waals surface area contributed by atoms with E-state index in [9.17, 15) is 0 Å². The third-order valence-electron chi connectivity index (χ3n) is 2.96. The van der Waals surface area contributed by atoms with Gasteiger partial charge in [0.1, 0.15) is 23.0 Å². The summed E-state index contributed by atoms with van der Waals surface area (Å²) in [6.45, 7) is 0. The van der Waals surface area contributed by atoms with Crippen LogP contribution in [0.1, 0.15) is 17.4 Å². The maximum Gasteiger partial charge on any atom is 0.193 e. The maximum atomic E-state index is 6.22. The molecule has 2 aromatic rings. The molecule has 0 fully saturated rings. The lowest BCUT2D eigenvalue weighted by Crippen LogP contribution is -2.14. The Morgan fingerprint density at radius 2 is 1.65 bits per heavy atom. The fourth-order valence-corrected chi connectivity index (χ4v) is 2.13. The van der Waals surface area contributed by atoms with Crippen molar-refractivity contribution in [2.24, 2.45) is 5.73 Å². The summed E-state index contributed by atoms with van der Waals surface area (Å²) in [7, 11) is 4.68. The molecule has 20 heavy (non-hydrogen) atoms. The molecule has 0 saturated carbocycles. The van der Waals surface area contributed by atoms with Crippen molar-refractivity contribution in [3.05, 3.63) is 40.8 Å². The molecule has 0 saturated heterocycles. The van der Waals surface area contributed by atoms with Gasteiger partial charge in [-0.2, -0.15) is 0 Å². The molecule has 0 amide bonds. The fourth-order valence-electron chi connectivity index (χ4n) is 1.98. The normalized spacial score (nSPS) is 12.1. The molecule has 1 aromatic heterocycles. The third kappa shape index (κ3) is 2.69. The monoisotopic (exact) mass is 297 g/mol. The van der Waals surface area contributed by atoms with Crippen molar-refractivity contribution in [2.45, 2.75) is 6.04 Å². The van der Waals surface area contributed by atoms with Crippen LogP contribution < -0.4 is 19.9 Å². The lowest BCUT2D eigenvalue weighted by atomic mass is 10.0. The van der Waals surface area contributed by atoms with E-state index in [0.29, 0.717) is 28.6 Å². The van der Waals surface area contributed by atoms with Gasteiger partial charge in [-0.3, -0.25) is 0 Å². The molecule has 0 spiro atoms. The average Bonchev–Trinajstić information content (AvgIpc) is 2.91. The first kappa shape index (κ1) is 14.6. The molecular weight excluding hydrogens is 282 g/mol. The summed E-state index contributed by atoms with van der Waals surface area (Å²) in [6.07, 6.45) is 0. The van der Waals surface area contributed by atoms with Gasteiger partial charge in [0.15, 0.2) is 5.22 Å². The van der Waals surface area contributed by atoms with Gasteiger partial charge in [0.25, 0.3) is 0 Å². The predicted octanol–water partition coefficient (Wildman–Crippen LogP) is 3.01. The second-order valence-corrected chi connectivity index (χ2v) is 4.44. The van der Waals surface area contributed by atoms with Crippen molar-refractivity contribution in [3.8, 4) is 17.2 Å². The molecule has 0 aliphatic heterocycles. The van der Waals surface area contributed by atoms with Crippen LogP contribution in [0.3, 0.4) is 0 Å². The first-order chi connectivity index (χ1) is 9.60. The van der Waals surface area contributed by atoms with Crippen LogP contribution in [0.4, 0.5) is 0 Å². The lowest BCUT2D eigenvalue weighted by molar-refractivity contribution is 0.362. The summed E-state index contributed by atoms with van der Waals surface area (Å²) in [6, 6.07) is 6.28. The molecule has 0 aliphatic rings. The second-order valence-electron chi connectivity index (χ2n) is 4.07. The van der Waals surface area contributed by atoms with Crippen LogP contribution in [-0.2, 0) is 0 Å². The molecule has 1 aromatic carbocycles. The van der Waals surface area contributed by atoms with E-state index in [0.717, 1.165) is 0 Å². The summed E-state index contributed by atoms with van der Waals surface area (Å²) in [5.74, 6) is 2.26. The lowest BCUT2D eigenvalue weighted by Gasteiger charge is -2.18. The third-order valence-corrected chi connectivity index (χ3v) is 3.17. The summed E-state index contributed by atoms with van der Waals surface area (Å²) < 4.78 is 21.3. The van der Waals surface area contributed by atoms with Crippen LogP contribution in [0.15, 0.2) is 28.7 Å². The summed E-state index contributed by atoms with van der Waals surface area (Å²) >= 11 is 5.78. The minimum atomic E-state index is -0.557. The topological polar surface area (TPSA) is 66.9 Å². The van der Waals surface area contributed by atoms with Crippen LogP contribution in [0, 0.1) is 0 Å². The Morgan fingerprint density at radius 1 is 1.05 bits per heavy atom. The fraction of sp³-hybridized carbons (Fsp3) is 0.286. The van der Waals surface area contributed by atoms with Gasteiger partial charge in [-0.05, 0) is 23.7 Å². The van der Waals surface area contributed by atoms with E-state index in [2.05, 4.69) is 0 Å². The Morgan fingerprint density at radius 3 is 2.05 bits per heavy atom. The molecule has 108 valence electrons. The highest BCUT2D eigenvalue weighted by Crippen LogP contribution is 2.40. The van der Waals surface area contributed by atoms with E-state index in [1.807, 2.05) is 0 Å². The molecule has 1 heterocycles. The van der Waals surface area contributed by atoms with Crippen molar-refractivity contribution in [1.29, 1.82) is 0 Å². The van der Waals surface area contributed by atoms with Gasteiger partial charge >= 0.3 is 0 Å². The van der Waals surface area contributed by atoms with E-state index in [1.165, 1.54) is 0 Å². The van der Waals surface area contributed by atoms with Crippen LogP contribution in [0.2, 0.25) is 5.22 Å². The van der Waals surface area contributed by atoms with Crippen LogP contribution >= 0.6 is 11.6 Å². The van der Waals surface area contributed by atoms with Crippen molar-refractivity contribution in [1.82, 2.24) is 0 Å². The summed E-state index contributed by atoms with van der Waals surface area (Å²) in [4.78, 5) is 0. The molecule has 0 aliphatic carbocycles. The van der Waals surface area contributed by atoms with Crippen molar-refractivity contribution < 1.29 is 18.6 Å². The maximum absolute atomic E-state index is 6.22. The second kappa shape index (κ2) is 6.07. The van der Waals surface area contributed by atoms with Gasteiger partial charge in [0, 0.05) is 12.1 Å². The number of ether oxygens (including phenoxy) is 3. The number of methoxy groups -OCH3 is 3. The summed E-state index contributed by atoms with van der Waals surface area (Å²) in [5.41, 5.74) is 6.89. The van der Waals surface area contributed by atoms with Crippen molar-refractivity contribution in [2.75, 3.05) is 21.3 Å². The molecular formula is C14H16ClNO4. The first-order valence-corrected chi connectivity index (χ1v) is 6.29. The number of halogens is 1. The molecule has 1 unspecified atom stereocenters. The Bertz CT molecular complexity index is 572. The van der Waals surface area contributed by atoms with E-state index in [4.69, 9.17) is 36.0 Å². The zero-order valence-electron chi connectivity index (χ0n) is 11.5. The standard InChI is InChI=1S/C14H16ClNO4/c1-17-8-6-10(18-2)13(11(7-8)19-3)14(16)9-4-5-12(15)20-9/h4-7,14H,16H2,1-3H3. The quantitative estimate of drug-likeness (QED) is 0.919. The van der Waals surface area contributed by atoms with E-state index in [-0.39, 0.29) is 5.22 Å². The number of nitrogens with two attached hydrogens (primary N) is 1. The smallest absolute Gasteiger partial charge is 0.193 e. The largest absolute Gasteiger partial charge is 0.496 e. The number of furan rings is 1. The van der Waals surface area contributed by atoms with Gasteiger partial charge in [-0.15, -0.1) is 0 Å². The summed E-state index contributed by atoms with van der Waals surface area (Å²) in [5, 5.41) is 0.280. The molecule has 0 bridgehead atoms. The number of hydrogen-bond acceptors (Lipinski definition) is 5. The van der Waals surface area contributed by atoms with E-state index < -0.39 is 6.04 Å². The van der Waals surface area contributed by atoms with Crippen molar-refractivity contribution >= 4 is 11.6 Å². The van der Waals surface area contributed by atoms with Gasteiger partial charge in [0.2, 0.25) is 0 Å². The zero-order chi connectivity index (χ0) is 14.7. The van der Waals surface area contributed by atoms with Crippen LogP contribution in [0.5, 0.6) is 17.2 Å². The zero-order valence-corrected chi connectivity index (χ0v) is 12.2. The first-order valence-electron chi connectivity index (χ1n) is 5.91. The Kier molecular flexibility index (Phi) is 4.42. The van der Waals surface area contributed by atoms with Crippen LogP contribution in [-0.4, -0.2) is 21.3 Å². The minimum Gasteiger partial charge on any atom is -0.496 e. The van der Waals surface area contributed by atoms with Gasteiger partial charge in [-0.25, -0.2) is 0 Å². The Hall–Kier alpha value is -1.85. The van der Waals surface area contributed by atoms with Gasteiger partial charge in [-0.1, -0.05) is 0 Å². The SMILES string of the molecule is COc1cc(OC)c(C(N)c2ccc(Cl)o2)c(OC)c1. The molecule has 0 radical (unpaired) electrons. The highest BCUT2D eigenvalue weighted by Gasteiger charge is 2.23. The molecule has 2 rings (SSSR count). The van der Waals surface area contributed by atoms with Crippen molar-refractivity contribution in [3.63, 3.8) is 0 Å². The predicted molar refractivity (Wildman–Crippen MR) is 75.8 cm³/mol.